The summed E-state index contributed by atoms with van der Waals surface area (Å²) >= 11 is 0. The lowest BCUT2D eigenvalue weighted by Gasteiger charge is -2.24. The van der Waals surface area contributed by atoms with Crippen molar-refractivity contribution in [3.05, 3.63) is 69.8 Å². The number of rotatable bonds is 12. The minimum Gasteiger partial charge on any atom is -0.459 e. The molecule has 55 heavy (non-hydrogen) atoms. The highest BCUT2D eigenvalue weighted by atomic mass is 35.5. The van der Waals surface area contributed by atoms with Crippen molar-refractivity contribution < 1.29 is 19.1 Å². The Kier molecular flexibility index (Phi) is 11.7. The summed E-state index contributed by atoms with van der Waals surface area (Å²) in [7, 11) is 0. The van der Waals surface area contributed by atoms with Gasteiger partial charge in [-0.3, -0.25) is 39.5 Å². The van der Waals surface area contributed by atoms with E-state index in [4.69, 9.17) is 39.4 Å². The van der Waals surface area contributed by atoms with Crippen LogP contribution in [0.2, 0.25) is 0 Å². The number of anilines is 2. The van der Waals surface area contributed by atoms with E-state index in [-0.39, 0.29) is 60.2 Å². The van der Waals surface area contributed by atoms with Crippen molar-refractivity contribution in [2.75, 3.05) is 36.0 Å². The lowest BCUT2D eigenvalue weighted by molar-refractivity contribution is -0.148. The zero-order valence-corrected chi connectivity index (χ0v) is 34.4. The number of aliphatic imine (C=N–C) groups is 2. The average molecular weight is 771 g/mol. The highest BCUT2D eigenvalue weighted by Gasteiger charge is 2.40. The van der Waals surface area contributed by atoms with E-state index in [9.17, 15) is 9.59 Å². The zero-order chi connectivity index (χ0) is 38.4. The van der Waals surface area contributed by atoms with Crippen LogP contribution in [0.25, 0.3) is 0 Å². The van der Waals surface area contributed by atoms with Gasteiger partial charge in [-0.25, -0.2) is 0 Å². The third kappa shape index (κ3) is 9.00. The fourth-order valence-electron chi connectivity index (χ4n) is 7.72. The average Bonchev–Trinajstić information content (AvgIpc) is 3.99. The SMILES string of the molecule is CCN=C1C(c2cnc([C@H]3CCN(c4c(COC(=O)CC(C)(C)C)ncc5c4C5)C3=NCC)cn2)CCN1c1c(COC(=O)CC(C)(C)C)ncc2c1C2.Cl. The second kappa shape index (κ2) is 16.0. The van der Waals surface area contributed by atoms with Crippen LogP contribution in [0.5, 0.6) is 0 Å². The van der Waals surface area contributed by atoms with Crippen LogP contribution < -0.4 is 9.80 Å². The van der Waals surface area contributed by atoms with Gasteiger partial charge in [0.05, 0.1) is 47.4 Å². The lowest BCUT2D eigenvalue weighted by atomic mass is 9.92. The minimum atomic E-state index is -0.217. The molecule has 0 bridgehead atoms. The van der Waals surface area contributed by atoms with Crippen molar-refractivity contribution in [3.8, 4) is 0 Å². The molecule has 3 aromatic heterocycles. The topological polar surface area (TPSA) is 135 Å². The Morgan fingerprint density at radius 3 is 1.42 bits per heavy atom. The summed E-state index contributed by atoms with van der Waals surface area (Å²) in [5, 5.41) is 0. The van der Waals surface area contributed by atoms with Gasteiger partial charge in [0.2, 0.25) is 0 Å². The third-order valence-corrected chi connectivity index (χ3v) is 10.3. The van der Waals surface area contributed by atoms with Gasteiger partial charge in [-0.05, 0) is 59.8 Å². The van der Waals surface area contributed by atoms with E-state index in [1.54, 1.807) is 0 Å². The maximum absolute atomic E-state index is 12.6. The molecule has 13 heteroatoms. The first-order valence-electron chi connectivity index (χ1n) is 19.5. The molecule has 0 N–H and O–H groups in total. The molecule has 0 amide bonds. The van der Waals surface area contributed by atoms with Crippen molar-refractivity contribution in [2.24, 2.45) is 20.8 Å². The van der Waals surface area contributed by atoms with Crippen LogP contribution >= 0.6 is 12.4 Å². The van der Waals surface area contributed by atoms with Crippen molar-refractivity contribution in [2.45, 2.75) is 119 Å². The van der Waals surface area contributed by atoms with Gasteiger partial charge in [0.25, 0.3) is 0 Å². The number of aromatic nitrogens is 4. The number of hydrogen-bond donors (Lipinski definition) is 0. The Hall–Kier alpha value is -4.45. The highest BCUT2D eigenvalue weighted by Crippen LogP contribution is 2.45. The first kappa shape index (κ1) is 40.2. The van der Waals surface area contributed by atoms with E-state index in [1.807, 2.05) is 66.3 Å². The Balaban J connectivity index is 0.00000514. The van der Waals surface area contributed by atoms with Gasteiger partial charge in [0, 0.05) is 63.8 Å². The highest BCUT2D eigenvalue weighted by molar-refractivity contribution is 6.06. The summed E-state index contributed by atoms with van der Waals surface area (Å²) in [5.41, 5.74) is 10.0. The first-order chi connectivity index (χ1) is 25.7. The summed E-state index contributed by atoms with van der Waals surface area (Å²) < 4.78 is 11.5. The van der Waals surface area contributed by atoms with Crippen LogP contribution in [0.3, 0.4) is 0 Å². The normalized spacial score (nSPS) is 20.0. The smallest absolute Gasteiger partial charge is 0.306 e. The molecular formula is C42H55ClN8O4. The standard InChI is InChI=1S/C42H54N8O4.ClH/c1-9-43-39-27(11-13-49(39)37-29-15-25(29)19-45-33(37)23-53-35(51)17-41(3,4)5)31-21-48-32(22-47-31)28-12-14-50(40(28)44-10-2)38-30-16-26(30)20-46-34(38)24-54-36(52)18-42(6,7)8;/h19-22,27-28H,9-18,23-24H2,1-8H3;1H/t27-,28?;/m1./s1. The zero-order valence-electron chi connectivity index (χ0n) is 33.6. The van der Waals surface area contributed by atoms with Gasteiger partial charge in [-0.1, -0.05) is 41.5 Å². The molecule has 3 aromatic rings. The molecule has 2 fully saturated rings. The van der Waals surface area contributed by atoms with E-state index in [0.717, 1.165) is 84.6 Å². The number of ether oxygens (including phenoxy) is 2. The summed E-state index contributed by atoms with van der Waals surface area (Å²) in [6.45, 7) is 19.4. The maximum atomic E-state index is 12.6. The number of esters is 2. The van der Waals surface area contributed by atoms with E-state index < -0.39 is 0 Å². The number of hydrogen-bond acceptors (Lipinski definition) is 10. The van der Waals surface area contributed by atoms with Crippen LogP contribution in [0.1, 0.15) is 138 Å². The molecule has 2 saturated heterocycles. The number of fused-ring (bicyclic) bond motifs is 2. The Morgan fingerprint density at radius 2 is 1.07 bits per heavy atom. The molecular weight excluding hydrogens is 716 g/mol. The Labute approximate surface area is 331 Å². The van der Waals surface area contributed by atoms with Crippen molar-refractivity contribution >= 4 is 47.4 Å². The van der Waals surface area contributed by atoms with E-state index in [0.29, 0.717) is 25.9 Å². The quantitative estimate of drug-likeness (QED) is 0.119. The number of nitrogens with zero attached hydrogens (tertiary/aromatic N) is 8. The molecule has 0 aromatic carbocycles. The lowest BCUT2D eigenvalue weighted by Crippen LogP contribution is -2.30. The molecule has 5 heterocycles. The van der Waals surface area contributed by atoms with E-state index in [1.165, 1.54) is 22.3 Å². The van der Waals surface area contributed by atoms with Gasteiger partial charge in [0.15, 0.2) is 0 Å². The van der Waals surface area contributed by atoms with Crippen molar-refractivity contribution in [3.63, 3.8) is 0 Å². The largest absolute Gasteiger partial charge is 0.459 e. The fourth-order valence-corrected chi connectivity index (χ4v) is 7.72. The van der Waals surface area contributed by atoms with Crippen molar-refractivity contribution in [1.29, 1.82) is 0 Å². The predicted molar refractivity (Wildman–Crippen MR) is 216 cm³/mol. The molecule has 4 aliphatic rings. The third-order valence-electron chi connectivity index (χ3n) is 10.3. The Bertz CT molecular complexity index is 1860. The molecule has 7 rings (SSSR count). The molecule has 2 aliphatic heterocycles. The molecule has 0 radical (unpaired) electrons. The van der Waals surface area contributed by atoms with Crippen molar-refractivity contribution in [1.82, 2.24) is 19.9 Å². The number of carbonyl (C=O) groups is 2. The van der Waals surface area contributed by atoms with Gasteiger partial charge in [-0.15, -0.1) is 12.4 Å². The predicted octanol–water partition coefficient (Wildman–Crippen LogP) is 7.28. The van der Waals surface area contributed by atoms with Gasteiger partial charge in [0.1, 0.15) is 36.3 Å². The second-order valence-corrected chi connectivity index (χ2v) is 17.3. The number of carbonyl (C=O) groups excluding carboxylic acids is 2. The molecule has 2 aliphatic carbocycles. The summed E-state index contributed by atoms with van der Waals surface area (Å²) in [4.78, 5) is 59.4. The molecule has 0 saturated carbocycles. The molecule has 1 unspecified atom stereocenters. The van der Waals surface area contributed by atoms with Crippen LogP contribution in [0.4, 0.5) is 11.4 Å². The number of pyridine rings is 2. The first-order valence-corrected chi connectivity index (χ1v) is 19.5. The molecule has 294 valence electrons. The second-order valence-electron chi connectivity index (χ2n) is 17.3. The minimum absolute atomic E-state index is 0. The van der Waals surface area contributed by atoms with Crippen LogP contribution in [0.15, 0.2) is 34.8 Å². The Morgan fingerprint density at radius 1 is 0.673 bits per heavy atom. The molecule has 2 atom stereocenters. The maximum Gasteiger partial charge on any atom is 0.306 e. The molecule has 0 spiro atoms. The number of halogens is 1. The summed E-state index contributed by atoms with van der Waals surface area (Å²) in [6, 6.07) is 0. The summed E-state index contributed by atoms with van der Waals surface area (Å²) in [5.74, 6) is 1.44. The van der Waals surface area contributed by atoms with Gasteiger partial charge in [-0.2, -0.15) is 0 Å². The van der Waals surface area contributed by atoms with E-state index >= 15 is 0 Å². The molecule has 12 nitrogen and oxygen atoms in total. The fraction of sp³-hybridized carbons (Fsp3) is 0.571. The van der Waals surface area contributed by atoms with E-state index in [2.05, 4.69) is 23.6 Å². The number of amidine groups is 2. The monoisotopic (exact) mass is 770 g/mol. The van der Waals surface area contributed by atoms with Crippen LogP contribution in [-0.2, 0) is 45.1 Å². The van der Waals surface area contributed by atoms with Crippen LogP contribution in [-0.4, -0.2) is 69.7 Å². The van der Waals surface area contributed by atoms with Gasteiger partial charge < -0.3 is 19.3 Å². The summed E-state index contributed by atoms with van der Waals surface area (Å²) in [6.07, 6.45) is 11.8. The van der Waals surface area contributed by atoms with Gasteiger partial charge >= 0.3 is 11.9 Å². The van der Waals surface area contributed by atoms with Crippen LogP contribution in [0, 0.1) is 10.8 Å².